The van der Waals surface area contributed by atoms with Gasteiger partial charge in [0.05, 0.1) is 12.7 Å². The van der Waals surface area contributed by atoms with E-state index in [9.17, 15) is 4.79 Å². The van der Waals surface area contributed by atoms with Crippen LogP contribution in [-0.2, 0) is 17.6 Å². The van der Waals surface area contributed by atoms with Crippen LogP contribution in [0.1, 0.15) is 27.2 Å². The highest BCUT2D eigenvalue weighted by Crippen LogP contribution is 2.14. The normalized spacial score (nSPS) is 10.3. The predicted octanol–water partition coefficient (Wildman–Crippen LogP) is 3.71. The second kappa shape index (κ2) is 6.36. The Morgan fingerprint density at radius 2 is 2.11 bits per heavy atom. The molecule has 0 aliphatic rings. The van der Waals surface area contributed by atoms with Crippen molar-refractivity contribution in [2.45, 2.75) is 19.3 Å². The molecule has 0 radical (unpaired) electrons. The molecule has 0 unspecified atom stereocenters. The monoisotopic (exact) mass is 260 g/mol. The Bertz CT molecular complexity index is 503. The molecule has 0 saturated carbocycles. The lowest BCUT2D eigenvalue weighted by Gasteiger charge is -2.03. The lowest BCUT2D eigenvalue weighted by Crippen LogP contribution is -2.01. The number of esters is 1. The minimum atomic E-state index is -0.268. The first-order chi connectivity index (χ1) is 8.79. The predicted molar refractivity (Wildman–Crippen MR) is 74.1 cm³/mol. The molecule has 0 bridgehead atoms. The van der Waals surface area contributed by atoms with Crippen LogP contribution in [0.2, 0.25) is 0 Å². The van der Waals surface area contributed by atoms with Crippen molar-refractivity contribution in [1.29, 1.82) is 0 Å². The molecule has 1 heterocycles. The van der Waals surface area contributed by atoms with E-state index in [-0.39, 0.29) is 5.97 Å². The zero-order valence-electron chi connectivity index (χ0n) is 10.4. The van der Waals surface area contributed by atoms with Gasteiger partial charge in [-0.1, -0.05) is 18.2 Å². The number of aryl methyl sites for hydroxylation is 2. The standard InChI is InChI=1S/C15H16O2S/c1-17-15(16)13-7-2-5-12(11-13)6-3-8-14-9-4-10-18-14/h2,4-5,7,9-11H,3,6,8H2,1H3. The molecule has 2 rings (SSSR count). The molecule has 0 atom stereocenters. The Kier molecular flexibility index (Phi) is 4.53. The van der Waals surface area contributed by atoms with Gasteiger partial charge in [-0.25, -0.2) is 4.79 Å². The van der Waals surface area contributed by atoms with Crippen LogP contribution < -0.4 is 0 Å². The molecule has 0 amide bonds. The van der Waals surface area contributed by atoms with E-state index in [1.54, 1.807) is 17.4 Å². The average Bonchev–Trinajstić information content (AvgIpc) is 2.91. The third-order valence-corrected chi connectivity index (χ3v) is 3.75. The highest BCUT2D eigenvalue weighted by molar-refractivity contribution is 7.09. The first-order valence-electron chi connectivity index (χ1n) is 5.99. The molecule has 94 valence electrons. The van der Waals surface area contributed by atoms with E-state index in [1.165, 1.54) is 17.6 Å². The topological polar surface area (TPSA) is 26.3 Å². The highest BCUT2D eigenvalue weighted by Gasteiger charge is 2.05. The van der Waals surface area contributed by atoms with Crippen molar-refractivity contribution in [3.63, 3.8) is 0 Å². The molecule has 0 fully saturated rings. The van der Waals surface area contributed by atoms with E-state index in [0.717, 1.165) is 19.3 Å². The van der Waals surface area contributed by atoms with Crippen LogP contribution in [0.25, 0.3) is 0 Å². The van der Waals surface area contributed by atoms with Crippen molar-refractivity contribution in [2.24, 2.45) is 0 Å². The molecule has 0 spiro atoms. The second-order valence-corrected chi connectivity index (χ2v) is 5.16. The van der Waals surface area contributed by atoms with Gasteiger partial charge in [-0.3, -0.25) is 0 Å². The molecule has 18 heavy (non-hydrogen) atoms. The molecule has 1 aromatic carbocycles. The molecule has 2 aromatic rings. The SMILES string of the molecule is COC(=O)c1cccc(CCCc2cccs2)c1. The van der Waals surface area contributed by atoms with Crippen LogP contribution in [0, 0.1) is 0 Å². The maximum Gasteiger partial charge on any atom is 0.337 e. The molecule has 3 heteroatoms. The van der Waals surface area contributed by atoms with Crippen LogP contribution in [0.15, 0.2) is 41.8 Å². The summed E-state index contributed by atoms with van der Waals surface area (Å²) in [5, 5.41) is 2.10. The molecule has 0 saturated heterocycles. The molecular weight excluding hydrogens is 244 g/mol. The van der Waals surface area contributed by atoms with Crippen LogP contribution in [0.4, 0.5) is 0 Å². The summed E-state index contributed by atoms with van der Waals surface area (Å²) >= 11 is 1.80. The van der Waals surface area contributed by atoms with Crippen LogP contribution >= 0.6 is 11.3 Å². The Labute approximate surface area is 111 Å². The molecule has 1 aromatic heterocycles. The maximum absolute atomic E-state index is 11.4. The van der Waals surface area contributed by atoms with Gasteiger partial charge >= 0.3 is 5.97 Å². The number of benzene rings is 1. The summed E-state index contributed by atoms with van der Waals surface area (Å²) in [4.78, 5) is 12.8. The number of methoxy groups -OCH3 is 1. The van der Waals surface area contributed by atoms with Gasteiger partial charge < -0.3 is 4.74 Å². The summed E-state index contributed by atoms with van der Waals surface area (Å²) < 4.78 is 4.72. The zero-order chi connectivity index (χ0) is 12.8. The number of hydrogen-bond acceptors (Lipinski definition) is 3. The van der Waals surface area contributed by atoms with Crippen molar-refractivity contribution < 1.29 is 9.53 Å². The van der Waals surface area contributed by atoms with Crippen molar-refractivity contribution in [3.8, 4) is 0 Å². The zero-order valence-corrected chi connectivity index (χ0v) is 11.2. The van der Waals surface area contributed by atoms with Crippen molar-refractivity contribution >= 4 is 17.3 Å². The van der Waals surface area contributed by atoms with E-state index >= 15 is 0 Å². The summed E-state index contributed by atoms with van der Waals surface area (Å²) in [5.74, 6) is -0.268. The van der Waals surface area contributed by atoms with Crippen LogP contribution in [-0.4, -0.2) is 13.1 Å². The van der Waals surface area contributed by atoms with Gasteiger partial charge in [0.15, 0.2) is 0 Å². The Morgan fingerprint density at radius 1 is 1.22 bits per heavy atom. The summed E-state index contributed by atoms with van der Waals surface area (Å²) in [6.07, 6.45) is 3.19. The van der Waals surface area contributed by atoms with Crippen LogP contribution in [0.5, 0.6) is 0 Å². The number of ether oxygens (including phenoxy) is 1. The second-order valence-electron chi connectivity index (χ2n) is 4.12. The number of carbonyl (C=O) groups excluding carboxylic acids is 1. The molecule has 0 aliphatic carbocycles. The fourth-order valence-corrected chi connectivity index (χ4v) is 2.64. The molecule has 0 N–H and O–H groups in total. The van der Waals surface area contributed by atoms with Gasteiger partial charge in [-0.2, -0.15) is 0 Å². The molecule has 0 aliphatic heterocycles. The van der Waals surface area contributed by atoms with Crippen LogP contribution in [0.3, 0.4) is 0 Å². The van der Waals surface area contributed by atoms with Gasteiger partial charge in [0.1, 0.15) is 0 Å². The minimum Gasteiger partial charge on any atom is -0.465 e. The molecule has 2 nitrogen and oxygen atoms in total. The highest BCUT2D eigenvalue weighted by atomic mass is 32.1. The summed E-state index contributed by atoms with van der Waals surface area (Å²) in [5.41, 5.74) is 1.82. The minimum absolute atomic E-state index is 0.268. The lowest BCUT2D eigenvalue weighted by molar-refractivity contribution is 0.0600. The van der Waals surface area contributed by atoms with Crippen molar-refractivity contribution in [2.75, 3.05) is 7.11 Å². The first kappa shape index (κ1) is 12.8. The van der Waals surface area contributed by atoms with Gasteiger partial charge in [0.25, 0.3) is 0 Å². The van der Waals surface area contributed by atoms with Crippen molar-refractivity contribution in [3.05, 3.63) is 57.8 Å². The first-order valence-corrected chi connectivity index (χ1v) is 6.87. The lowest BCUT2D eigenvalue weighted by atomic mass is 10.0. The fraction of sp³-hybridized carbons (Fsp3) is 0.267. The maximum atomic E-state index is 11.4. The summed E-state index contributed by atoms with van der Waals surface area (Å²) in [7, 11) is 1.41. The largest absolute Gasteiger partial charge is 0.465 e. The quantitative estimate of drug-likeness (QED) is 0.766. The van der Waals surface area contributed by atoms with Gasteiger partial charge in [-0.15, -0.1) is 11.3 Å². The smallest absolute Gasteiger partial charge is 0.337 e. The summed E-state index contributed by atoms with van der Waals surface area (Å²) in [6, 6.07) is 11.9. The summed E-state index contributed by atoms with van der Waals surface area (Å²) in [6.45, 7) is 0. The van der Waals surface area contributed by atoms with E-state index in [1.807, 2.05) is 12.1 Å². The van der Waals surface area contributed by atoms with Gasteiger partial charge in [-0.05, 0) is 48.4 Å². The van der Waals surface area contributed by atoms with E-state index in [2.05, 4.69) is 23.6 Å². The Hall–Kier alpha value is -1.61. The number of rotatable bonds is 5. The molecular formula is C15H16O2S. The Balaban J connectivity index is 1.91. The van der Waals surface area contributed by atoms with Crippen molar-refractivity contribution in [1.82, 2.24) is 0 Å². The van der Waals surface area contributed by atoms with E-state index < -0.39 is 0 Å². The Morgan fingerprint density at radius 3 is 2.83 bits per heavy atom. The third-order valence-electron chi connectivity index (χ3n) is 2.82. The number of hydrogen-bond donors (Lipinski definition) is 0. The van der Waals surface area contributed by atoms with E-state index in [0.29, 0.717) is 5.56 Å². The van der Waals surface area contributed by atoms with Gasteiger partial charge in [0.2, 0.25) is 0 Å². The average molecular weight is 260 g/mol. The van der Waals surface area contributed by atoms with Gasteiger partial charge in [0, 0.05) is 4.88 Å². The van der Waals surface area contributed by atoms with E-state index in [4.69, 9.17) is 4.74 Å². The third kappa shape index (κ3) is 3.44. The number of thiophene rings is 1. The fourth-order valence-electron chi connectivity index (χ4n) is 1.89. The number of carbonyl (C=O) groups is 1.